The number of para-hydroxylation sites is 1. The van der Waals surface area contributed by atoms with Crippen molar-refractivity contribution in [2.45, 2.75) is 10.9 Å². The van der Waals surface area contributed by atoms with Gasteiger partial charge in [0.05, 0.1) is 12.8 Å². The molecule has 2 aromatic heterocycles. The Kier molecular flexibility index (Phi) is 5.80. The molecule has 0 atom stereocenters. The average molecular weight is 423 g/mol. The molecule has 0 bridgehead atoms. The summed E-state index contributed by atoms with van der Waals surface area (Å²) in [6.45, 7) is 0. The van der Waals surface area contributed by atoms with Crippen LogP contribution in [0.4, 0.5) is 15.9 Å². The van der Waals surface area contributed by atoms with Gasteiger partial charge in [-0.15, -0.1) is 10.2 Å². The Morgan fingerprint density at radius 2 is 1.87 bits per heavy atom. The van der Waals surface area contributed by atoms with Crippen LogP contribution in [0.15, 0.2) is 83.0 Å². The van der Waals surface area contributed by atoms with E-state index in [1.165, 1.54) is 28.6 Å². The molecule has 7 nitrogen and oxygen atoms in total. The van der Waals surface area contributed by atoms with Crippen LogP contribution in [0.1, 0.15) is 5.56 Å². The summed E-state index contributed by atoms with van der Waals surface area (Å²) in [7, 11) is 1.61. The molecule has 0 saturated carbocycles. The van der Waals surface area contributed by atoms with Crippen molar-refractivity contribution < 1.29 is 9.13 Å². The van der Waals surface area contributed by atoms with Crippen LogP contribution in [0, 0.1) is 5.82 Å². The first kappa shape index (κ1) is 19.7. The summed E-state index contributed by atoms with van der Waals surface area (Å²) in [5.41, 5.74) is 0.721. The molecule has 0 unspecified atom stereocenters. The quantitative estimate of drug-likeness (QED) is 0.454. The Morgan fingerprint density at radius 1 is 1.07 bits per heavy atom. The third kappa shape index (κ3) is 4.20. The lowest BCUT2D eigenvalue weighted by molar-refractivity contribution is 0.414. The lowest BCUT2D eigenvalue weighted by Crippen LogP contribution is -2.30. The normalized spacial score (nSPS) is 10.7. The minimum atomic E-state index is -0.484. The van der Waals surface area contributed by atoms with Crippen LogP contribution >= 0.6 is 11.8 Å². The van der Waals surface area contributed by atoms with Crippen molar-refractivity contribution >= 4 is 23.3 Å². The van der Waals surface area contributed by atoms with Gasteiger partial charge in [-0.1, -0.05) is 36.0 Å². The summed E-state index contributed by atoms with van der Waals surface area (Å²) >= 11 is 1.36. The molecule has 9 heteroatoms. The molecule has 0 saturated heterocycles. The van der Waals surface area contributed by atoms with E-state index in [2.05, 4.69) is 15.5 Å². The molecule has 2 heterocycles. The highest BCUT2D eigenvalue weighted by Crippen LogP contribution is 2.23. The number of rotatable bonds is 7. The van der Waals surface area contributed by atoms with E-state index < -0.39 is 11.4 Å². The Morgan fingerprint density at radius 3 is 2.63 bits per heavy atom. The first-order valence-electron chi connectivity index (χ1n) is 9.06. The molecular weight excluding hydrogens is 405 g/mol. The van der Waals surface area contributed by atoms with Crippen molar-refractivity contribution in [3.8, 4) is 5.75 Å². The van der Waals surface area contributed by atoms with E-state index in [9.17, 15) is 9.18 Å². The first-order valence-corrected chi connectivity index (χ1v) is 10.0. The second-order valence-electron chi connectivity index (χ2n) is 6.26. The van der Waals surface area contributed by atoms with Gasteiger partial charge in [-0.05, 0) is 42.0 Å². The van der Waals surface area contributed by atoms with Gasteiger partial charge in [0.15, 0.2) is 0 Å². The maximum atomic E-state index is 14.0. The van der Waals surface area contributed by atoms with Crippen LogP contribution in [0.5, 0.6) is 5.75 Å². The highest BCUT2D eigenvalue weighted by molar-refractivity contribution is 7.98. The number of ether oxygens (including phenoxy) is 1. The standard InChI is InChI=1S/C21H18FN5O2S/c1-29-16-8-6-7-15(13-16)14-30-21-25-24-19(23-18-10-3-2-9-17(18)22)20(28)27(21)26-11-4-5-12-26/h2-13H,14H2,1H3,(H,23,24). The molecule has 0 aliphatic rings. The maximum Gasteiger partial charge on any atom is 0.316 e. The zero-order valence-electron chi connectivity index (χ0n) is 16.0. The van der Waals surface area contributed by atoms with Gasteiger partial charge in [0, 0.05) is 18.1 Å². The van der Waals surface area contributed by atoms with Crippen molar-refractivity contribution in [1.29, 1.82) is 0 Å². The molecule has 4 rings (SSSR count). The van der Waals surface area contributed by atoms with Crippen LogP contribution < -0.4 is 15.6 Å². The van der Waals surface area contributed by atoms with Crippen molar-refractivity contribution in [3.63, 3.8) is 0 Å². The molecule has 4 aromatic rings. The number of nitrogens with one attached hydrogen (secondary N) is 1. The summed E-state index contributed by atoms with van der Waals surface area (Å²) < 4.78 is 22.2. The highest BCUT2D eigenvalue weighted by atomic mass is 32.2. The fraction of sp³-hybridized carbons (Fsp3) is 0.0952. The number of halogens is 1. The number of anilines is 2. The lowest BCUT2D eigenvalue weighted by atomic mass is 10.2. The smallest absolute Gasteiger partial charge is 0.316 e. The van der Waals surface area contributed by atoms with E-state index in [0.717, 1.165) is 11.3 Å². The fourth-order valence-electron chi connectivity index (χ4n) is 2.80. The molecule has 0 amide bonds. The van der Waals surface area contributed by atoms with Gasteiger partial charge >= 0.3 is 5.56 Å². The van der Waals surface area contributed by atoms with Crippen LogP contribution in [-0.2, 0) is 5.75 Å². The van der Waals surface area contributed by atoms with E-state index in [1.807, 2.05) is 24.3 Å². The minimum Gasteiger partial charge on any atom is -0.497 e. The van der Waals surface area contributed by atoms with E-state index in [1.54, 1.807) is 48.4 Å². The second kappa shape index (κ2) is 8.83. The molecule has 0 aliphatic carbocycles. The molecule has 30 heavy (non-hydrogen) atoms. The van der Waals surface area contributed by atoms with Gasteiger partial charge in [-0.3, -0.25) is 9.47 Å². The number of benzene rings is 2. The molecule has 1 N–H and O–H groups in total. The zero-order valence-corrected chi connectivity index (χ0v) is 16.8. The van der Waals surface area contributed by atoms with Crippen LogP contribution in [0.2, 0.25) is 0 Å². The van der Waals surface area contributed by atoms with Gasteiger partial charge in [-0.2, -0.15) is 4.68 Å². The largest absolute Gasteiger partial charge is 0.497 e. The Balaban J connectivity index is 1.68. The SMILES string of the molecule is COc1cccc(CSc2nnc(Nc3ccccc3F)c(=O)n2-n2cccc2)c1. The number of thioether (sulfide) groups is 1. The monoisotopic (exact) mass is 423 g/mol. The van der Waals surface area contributed by atoms with Crippen molar-refractivity contribution in [2.24, 2.45) is 0 Å². The van der Waals surface area contributed by atoms with Crippen molar-refractivity contribution in [3.05, 3.63) is 94.8 Å². The minimum absolute atomic E-state index is 0.0699. The van der Waals surface area contributed by atoms with Crippen LogP contribution in [0.3, 0.4) is 0 Å². The van der Waals surface area contributed by atoms with Gasteiger partial charge in [0.1, 0.15) is 11.6 Å². The van der Waals surface area contributed by atoms with Gasteiger partial charge in [0.2, 0.25) is 11.0 Å². The first-order chi connectivity index (χ1) is 14.7. The Hall–Kier alpha value is -3.59. The molecule has 2 aromatic carbocycles. The van der Waals surface area contributed by atoms with Gasteiger partial charge in [0.25, 0.3) is 0 Å². The topological polar surface area (TPSA) is 74.0 Å². The highest BCUT2D eigenvalue weighted by Gasteiger charge is 2.15. The third-order valence-corrected chi connectivity index (χ3v) is 5.25. The maximum absolute atomic E-state index is 14.0. The summed E-state index contributed by atoms with van der Waals surface area (Å²) in [5, 5.41) is 11.4. The van der Waals surface area contributed by atoms with E-state index in [0.29, 0.717) is 10.9 Å². The molecular formula is C21H18FN5O2S. The summed E-state index contributed by atoms with van der Waals surface area (Å²) in [6.07, 6.45) is 3.46. The Bertz CT molecular complexity index is 1210. The molecule has 0 spiro atoms. The van der Waals surface area contributed by atoms with Crippen LogP contribution in [0.25, 0.3) is 0 Å². The summed E-state index contributed by atoms with van der Waals surface area (Å²) in [6, 6.07) is 17.3. The zero-order chi connectivity index (χ0) is 20.9. The fourth-order valence-corrected chi connectivity index (χ4v) is 3.67. The third-order valence-electron chi connectivity index (χ3n) is 4.26. The number of hydrogen-bond acceptors (Lipinski definition) is 6. The number of hydrogen-bond donors (Lipinski definition) is 1. The number of methoxy groups -OCH3 is 1. The van der Waals surface area contributed by atoms with E-state index in [-0.39, 0.29) is 11.5 Å². The van der Waals surface area contributed by atoms with E-state index >= 15 is 0 Å². The van der Waals surface area contributed by atoms with Crippen molar-refractivity contribution in [1.82, 2.24) is 19.5 Å². The molecule has 0 aliphatic heterocycles. The summed E-state index contributed by atoms with van der Waals surface area (Å²) in [5.74, 6) is 0.765. The van der Waals surface area contributed by atoms with Crippen molar-refractivity contribution in [2.75, 3.05) is 12.4 Å². The van der Waals surface area contributed by atoms with Gasteiger partial charge < -0.3 is 10.1 Å². The number of nitrogens with zero attached hydrogens (tertiary/aromatic N) is 4. The molecule has 0 fully saturated rings. The Labute approximate surface area is 176 Å². The van der Waals surface area contributed by atoms with Crippen LogP contribution in [-0.4, -0.2) is 26.7 Å². The molecule has 152 valence electrons. The number of aromatic nitrogens is 4. The van der Waals surface area contributed by atoms with Gasteiger partial charge in [-0.25, -0.2) is 4.39 Å². The summed E-state index contributed by atoms with van der Waals surface area (Å²) in [4.78, 5) is 13.1. The predicted molar refractivity (Wildman–Crippen MR) is 114 cm³/mol. The molecule has 0 radical (unpaired) electrons. The second-order valence-corrected chi connectivity index (χ2v) is 7.20. The predicted octanol–water partition coefficient (Wildman–Crippen LogP) is 3.93. The van der Waals surface area contributed by atoms with E-state index in [4.69, 9.17) is 4.74 Å². The lowest BCUT2D eigenvalue weighted by Gasteiger charge is -2.14. The average Bonchev–Trinajstić information content (AvgIpc) is 3.30.